The van der Waals surface area contributed by atoms with E-state index in [2.05, 4.69) is 31.9 Å². The van der Waals surface area contributed by atoms with E-state index in [1.807, 2.05) is 17.9 Å². The SMILES string of the molecule is CCN1CC[C@H]2CC[C@@H](C(=O)N(CCC(=O)N3CCC(Nc4cccc5c4CN(C4CCC(=O)NC4=O)C5=O)CC3)c3ccc(Br)cc3)N2C(=O)[C@@H](NC(=O)c2cc3cc(C(F)(F)P(=O)(O)O)ccc3s2)C1. The van der Waals surface area contributed by atoms with E-state index in [1.54, 1.807) is 51.1 Å². The number of likely N-dealkylation sites (tertiary alicyclic amines) is 1. The molecule has 23 heteroatoms. The van der Waals surface area contributed by atoms with E-state index in [0.717, 1.165) is 39.2 Å². The first-order valence-corrected chi connectivity index (χ1v) is 27.2. The molecule has 4 saturated heterocycles. The van der Waals surface area contributed by atoms with Crippen LogP contribution in [0.15, 0.2) is 71.2 Å². The van der Waals surface area contributed by atoms with Crippen LogP contribution in [-0.2, 0) is 40.7 Å². The van der Waals surface area contributed by atoms with E-state index < -0.39 is 54.7 Å². The quantitative estimate of drug-likeness (QED) is 0.0842. The summed E-state index contributed by atoms with van der Waals surface area (Å²) in [5.41, 5.74) is -2.73. The Balaban J connectivity index is 0.859. The van der Waals surface area contributed by atoms with Gasteiger partial charge in [-0.2, -0.15) is 8.78 Å². The molecule has 4 aromatic rings. The van der Waals surface area contributed by atoms with Gasteiger partial charge < -0.3 is 44.9 Å². The number of carbonyl (C=O) groups excluding carboxylic acids is 7. The Bertz CT molecular complexity index is 2880. The van der Waals surface area contributed by atoms with Crippen LogP contribution < -0.4 is 20.9 Å². The molecule has 1 aromatic heterocycles. The molecule has 5 aliphatic rings. The first-order chi connectivity index (χ1) is 34.3. The molecule has 7 amide bonds. The van der Waals surface area contributed by atoms with Gasteiger partial charge in [0.15, 0.2) is 0 Å². The fraction of sp³-hybridized carbons (Fsp3) is 0.449. The number of imide groups is 1. The lowest BCUT2D eigenvalue weighted by atomic mass is 10.0. The van der Waals surface area contributed by atoms with Gasteiger partial charge in [0.1, 0.15) is 18.1 Å². The first kappa shape index (κ1) is 51.3. The highest BCUT2D eigenvalue weighted by Gasteiger charge is 2.51. The summed E-state index contributed by atoms with van der Waals surface area (Å²) in [5, 5.41) is 8.93. The molecule has 1 unspecified atom stereocenters. The highest BCUT2D eigenvalue weighted by molar-refractivity contribution is 9.10. The molecule has 4 fully saturated rings. The number of nitrogens with zero attached hydrogens (tertiary/aromatic N) is 5. The number of piperidine rings is 2. The highest BCUT2D eigenvalue weighted by Crippen LogP contribution is 2.59. The Morgan fingerprint density at radius 1 is 0.944 bits per heavy atom. The van der Waals surface area contributed by atoms with Gasteiger partial charge in [0.05, 0.1) is 4.88 Å². The minimum absolute atomic E-state index is 0.00618. The number of thiophene rings is 1. The second-order valence-electron chi connectivity index (χ2n) is 18.9. The lowest BCUT2D eigenvalue weighted by molar-refractivity contribution is -0.142. The molecule has 5 N–H and O–H groups in total. The number of anilines is 2. The number of alkyl halides is 2. The Hall–Kier alpha value is -5.64. The Morgan fingerprint density at radius 3 is 2.40 bits per heavy atom. The van der Waals surface area contributed by atoms with Crippen LogP contribution in [0.1, 0.15) is 89.4 Å². The predicted molar refractivity (Wildman–Crippen MR) is 266 cm³/mol. The number of nitrogens with one attached hydrogen (secondary N) is 3. The van der Waals surface area contributed by atoms with Crippen molar-refractivity contribution in [3.8, 4) is 0 Å². The molecule has 9 rings (SSSR count). The minimum Gasteiger partial charge on any atom is -0.382 e. The Kier molecular flexibility index (Phi) is 14.7. The second-order valence-corrected chi connectivity index (χ2v) is 22.5. The van der Waals surface area contributed by atoms with Crippen molar-refractivity contribution >= 4 is 97.7 Å². The van der Waals surface area contributed by atoms with Gasteiger partial charge in [0.25, 0.3) is 11.8 Å². The maximum absolute atomic E-state index is 14.9. The maximum atomic E-state index is 14.9. The fourth-order valence-corrected chi connectivity index (χ4v) is 12.2. The average Bonchev–Trinajstić information content (AvgIpc) is 4.07. The predicted octanol–water partition coefficient (Wildman–Crippen LogP) is 5.36. The lowest BCUT2D eigenvalue weighted by Gasteiger charge is -2.39. The molecule has 0 aliphatic carbocycles. The molecule has 18 nitrogen and oxygen atoms in total. The smallest absolute Gasteiger partial charge is 0.382 e. The van der Waals surface area contributed by atoms with Crippen molar-refractivity contribution in [3.63, 3.8) is 0 Å². The zero-order valence-electron chi connectivity index (χ0n) is 39.2. The van der Waals surface area contributed by atoms with Crippen molar-refractivity contribution < 1.29 is 56.7 Å². The largest absolute Gasteiger partial charge is 0.399 e. The number of hydrogen-bond donors (Lipinski definition) is 5. The van der Waals surface area contributed by atoms with Crippen LogP contribution in [-0.4, -0.2) is 140 Å². The fourth-order valence-electron chi connectivity index (χ4n) is 10.6. The molecule has 72 heavy (non-hydrogen) atoms. The highest BCUT2D eigenvalue weighted by atomic mass is 79.9. The summed E-state index contributed by atoms with van der Waals surface area (Å²) in [5.74, 6) is -2.69. The normalized spacial score (nSPS) is 22.3. The van der Waals surface area contributed by atoms with Crippen LogP contribution in [0.5, 0.6) is 0 Å². The molecule has 3 aromatic carbocycles. The summed E-state index contributed by atoms with van der Waals surface area (Å²) in [7, 11) is -5.84. The summed E-state index contributed by atoms with van der Waals surface area (Å²) < 4.78 is 41.9. The van der Waals surface area contributed by atoms with E-state index in [9.17, 15) is 56.7 Å². The third kappa shape index (κ3) is 10.3. The summed E-state index contributed by atoms with van der Waals surface area (Å²) >= 11 is 4.44. The topological polar surface area (TPSA) is 229 Å². The van der Waals surface area contributed by atoms with Crippen LogP contribution in [0, 0.1) is 0 Å². The number of fused-ring (bicyclic) bond motifs is 3. The number of amides is 7. The number of hydrogen-bond acceptors (Lipinski definition) is 11. The van der Waals surface area contributed by atoms with Crippen LogP contribution in [0.3, 0.4) is 0 Å². The van der Waals surface area contributed by atoms with Crippen LogP contribution in [0.4, 0.5) is 20.2 Å². The Morgan fingerprint density at radius 2 is 1.69 bits per heavy atom. The molecule has 5 aliphatic heterocycles. The standard InChI is InChI=1S/C49H54BrF2N8O10PS/c1-2-56-20-18-33-11-12-39(60(33)47(66)37(27-56)54-45(64)41-25-28-24-29(6-14-40(28)72-41)49(51,52)71(68,69)70)48(67)58(32-9-7-30(50)8-10-32)23-19-43(62)57-21-16-31(17-22-57)53-36-5-3-4-34-35(36)26-59(46(34)65)38-13-15-42(61)55-44(38)63/h3-10,14,24-25,31,33,37-39,53H,2,11-13,15-23,26-27H2,1H3,(H,54,64)(H,55,61,63)(H2,68,69,70)/t33-,37+,38?,39+/m1/s1. The first-order valence-electron chi connectivity index (χ1n) is 24.0. The molecule has 0 bridgehead atoms. The van der Waals surface area contributed by atoms with Gasteiger partial charge in [-0.05, 0) is 105 Å². The molecule has 6 heterocycles. The van der Waals surface area contributed by atoms with Gasteiger partial charge >= 0.3 is 13.3 Å². The van der Waals surface area contributed by atoms with E-state index in [0.29, 0.717) is 74.2 Å². The number of halogens is 3. The summed E-state index contributed by atoms with van der Waals surface area (Å²) in [6, 6.07) is 13.9. The van der Waals surface area contributed by atoms with E-state index >= 15 is 0 Å². The van der Waals surface area contributed by atoms with Gasteiger partial charge in [-0.25, -0.2) is 0 Å². The number of benzene rings is 3. The van der Waals surface area contributed by atoms with Crippen LogP contribution >= 0.6 is 34.9 Å². The molecule has 0 spiro atoms. The van der Waals surface area contributed by atoms with Crippen LogP contribution in [0.2, 0.25) is 0 Å². The van der Waals surface area contributed by atoms with Crippen molar-refractivity contribution in [1.29, 1.82) is 0 Å². The number of carbonyl (C=O) groups is 7. The van der Waals surface area contributed by atoms with Crippen molar-refractivity contribution in [2.45, 2.75) is 101 Å². The van der Waals surface area contributed by atoms with Crippen LogP contribution in [0.25, 0.3) is 10.1 Å². The molecule has 0 saturated carbocycles. The Labute approximate surface area is 425 Å². The molecular weight excluding hydrogens is 1040 g/mol. The number of likely N-dealkylation sites (N-methyl/N-ethyl adjacent to an activating group) is 1. The summed E-state index contributed by atoms with van der Waals surface area (Å²) in [6.45, 7) is 4.41. The van der Waals surface area contributed by atoms with E-state index in [4.69, 9.17) is 0 Å². The average molecular weight is 1100 g/mol. The molecule has 0 radical (unpaired) electrons. The maximum Gasteiger partial charge on any atom is 0.399 e. The molecular formula is C49H54BrF2N8O10PS. The van der Waals surface area contributed by atoms with Crippen molar-refractivity contribution in [3.05, 3.63) is 92.8 Å². The van der Waals surface area contributed by atoms with Gasteiger partial charge in [-0.3, -0.25) is 43.4 Å². The third-order valence-corrected chi connectivity index (χ3v) is 17.1. The van der Waals surface area contributed by atoms with Gasteiger partial charge in [0, 0.05) is 101 Å². The number of rotatable bonds is 13. The monoisotopic (exact) mass is 1090 g/mol. The zero-order chi connectivity index (χ0) is 51.2. The zero-order valence-corrected chi connectivity index (χ0v) is 42.5. The van der Waals surface area contributed by atoms with Gasteiger partial charge in [0.2, 0.25) is 29.5 Å². The van der Waals surface area contributed by atoms with Crippen molar-refractivity contribution in [1.82, 2.24) is 30.2 Å². The third-order valence-electron chi connectivity index (χ3n) is 14.5. The summed E-state index contributed by atoms with van der Waals surface area (Å²) in [4.78, 5) is 122. The van der Waals surface area contributed by atoms with Crippen molar-refractivity contribution in [2.75, 3.05) is 49.5 Å². The van der Waals surface area contributed by atoms with Crippen molar-refractivity contribution in [2.24, 2.45) is 0 Å². The molecule has 382 valence electrons. The lowest BCUT2D eigenvalue weighted by Crippen LogP contribution is -2.61. The summed E-state index contributed by atoms with van der Waals surface area (Å²) in [6.07, 6.45) is 3.15. The second kappa shape index (κ2) is 20.7. The van der Waals surface area contributed by atoms with E-state index in [1.165, 1.54) is 17.0 Å². The minimum atomic E-state index is -5.84. The van der Waals surface area contributed by atoms with Gasteiger partial charge in [-0.15, -0.1) is 11.3 Å². The molecule has 4 atom stereocenters. The van der Waals surface area contributed by atoms with Gasteiger partial charge in [-0.1, -0.05) is 35.0 Å². The van der Waals surface area contributed by atoms with E-state index in [-0.39, 0.29) is 84.9 Å².